The van der Waals surface area contributed by atoms with Crippen LogP contribution in [0.25, 0.3) is 0 Å². The van der Waals surface area contributed by atoms with Gasteiger partial charge in [0, 0.05) is 42.7 Å². The van der Waals surface area contributed by atoms with Gasteiger partial charge in [0.05, 0.1) is 0 Å². The zero-order valence-electron chi connectivity index (χ0n) is 23.5. The molecule has 1 aromatic carbocycles. The Kier molecular flexibility index (Phi) is 9.01. The molecule has 2 unspecified atom stereocenters. The number of rotatable bonds is 9. The minimum absolute atomic E-state index is 0.00707. The van der Waals surface area contributed by atoms with Gasteiger partial charge in [-0.25, -0.2) is 0 Å². The molecule has 3 rings (SSSR count). The number of phenolic OH excluding ortho intramolecular Hbond substituents is 1. The number of aromatic nitrogens is 2. The Bertz CT molecular complexity index is 1280. The number of benzene rings is 1. The summed E-state index contributed by atoms with van der Waals surface area (Å²) in [6, 6.07) is 9.68. The van der Waals surface area contributed by atoms with Crippen molar-refractivity contribution in [3.8, 4) is 5.75 Å². The number of nitrogens with zero attached hydrogens (tertiary/aromatic N) is 2. The molecule has 0 aliphatic rings. The molecule has 3 aromatic rings. The molecule has 0 saturated carbocycles. The quantitative estimate of drug-likeness (QED) is 0.231. The van der Waals surface area contributed by atoms with E-state index in [2.05, 4.69) is 9.97 Å². The van der Waals surface area contributed by atoms with Gasteiger partial charge in [-0.05, 0) is 70.2 Å². The Morgan fingerprint density at radius 2 is 1.13 bits per heavy atom. The molecule has 8 nitrogen and oxygen atoms in total. The maximum absolute atomic E-state index is 14.2. The predicted molar refractivity (Wildman–Crippen MR) is 155 cm³/mol. The minimum Gasteiger partial charge on any atom is -0.507 e. The highest BCUT2D eigenvalue weighted by molar-refractivity contribution is 7.76. The predicted octanol–water partition coefficient (Wildman–Crippen LogP) is 5.91. The van der Waals surface area contributed by atoms with E-state index in [1.165, 1.54) is 12.1 Å². The van der Waals surface area contributed by atoms with E-state index in [0.717, 1.165) is 0 Å². The van der Waals surface area contributed by atoms with Crippen LogP contribution in [0.3, 0.4) is 0 Å². The Morgan fingerprint density at radius 3 is 1.44 bits per heavy atom. The number of hydrogen-bond donors (Lipinski definition) is 4. The fourth-order valence-electron chi connectivity index (χ4n) is 4.58. The number of phenols is 1. The summed E-state index contributed by atoms with van der Waals surface area (Å²) >= 11 is 0. The zero-order valence-corrected chi connectivity index (χ0v) is 25.3. The molecule has 2 heterocycles. The monoisotopic (exact) mass is 574 g/mol. The van der Waals surface area contributed by atoms with E-state index in [4.69, 9.17) is 0 Å². The number of aromatic hydroxyl groups is 1. The average Bonchev–Trinajstić information content (AvgIpc) is 2.85. The normalized spacial score (nSPS) is 17.2. The van der Waals surface area contributed by atoms with Gasteiger partial charge in [0.1, 0.15) is 5.75 Å². The lowest BCUT2D eigenvalue weighted by atomic mass is 9.78. The van der Waals surface area contributed by atoms with E-state index in [1.54, 1.807) is 49.1 Å². The first-order valence-corrected chi connectivity index (χ1v) is 16.6. The van der Waals surface area contributed by atoms with Crippen molar-refractivity contribution in [2.24, 2.45) is 0 Å². The summed E-state index contributed by atoms with van der Waals surface area (Å²) in [6.07, 6.45) is 5.53. The lowest BCUT2D eigenvalue weighted by Crippen LogP contribution is -2.31. The third-order valence-electron chi connectivity index (χ3n) is 6.94. The van der Waals surface area contributed by atoms with Crippen LogP contribution >= 0.6 is 14.7 Å². The number of pyridine rings is 2. The molecule has 39 heavy (non-hydrogen) atoms. The molecule has 2 atom stereocenters. The third-order valence-corrected chi connectivity index (χ3v) is 12.9. The van der Waals surface area contributed by atoms with Crippen LogP contribution in [0, 0.1) is 0 Å². The first kappa shape index (κ1) is 31.2. The summed E-state index contributed by atoms with van der Waals surface area (Å²) in [4.78, 5) is 31.1. The van der Waals surface area contributed by atoms with Gasteiger partial charge in [-0.2, -0.15) is 0 Å². The second kappa shape index (κ2) is 11.3. The van der Waals surface area contributed by atoms with Crippen LogP contribution in [0.2, 0.25) is 0 Å². The highest BCUT2D eigenvalue weighted by Crippen LogP contribution is 2.76. The van der Waals surface area contributed by atoms with Crippen molar-refractivity contribution in [1.82, 2.24) is 9.97 Å². The van der Waals surface area contributed by atoms with E-state index in [-0.39, 0.29) is 24.2 Å². The fourth-order valence-corrected chi connectivity index (χ4v) is 9.95. The highest BCUT2D eigenvalue weighted by atomic mass is 31.2. The highest BCUT2D eigenvalue weighted by Gasteiger charge is 2.60. The Labute approximate surface area is 231 Å². The van der Waals surface area contributed by atoms with Gasteiger partial charge >= 0.3 is 0 Å². The van der Waals surface area contributed by atoms with Gasteiger partial charge in [0.2, 0.25) is 19.8 Å². The molecule has 212 valence electrons. The smallest absolute Gasteiger partial charge is 0.246 e. The van der Waals surface area contributed by atoms with Crippen LogP contribution < -0.4 is 0 Å². The largest absolute Gasteiger partial charge is 0.507 e. The van der Waals surface area contributed by atoms with Crippen molar-refractivity contribution in [3.05, 3.63) is 89.0 Å². The topological polar surface area (TPSA) is 141 Å². The molecule has 0 amide bonds. The van der Waals surface area contributed by atoms with Gasteiger partial charge in [0.25, 0.3) is 0 Å². The molecule has 2 aromatic heterocycles. The maximum atomic E-state index is 14.2. The second-order valence-electron chi connectivity index (χ2n) is 12.1. The van der Waals surface area contributed by atoms with Gasteiger partial charge in [0.15, 0.2) is 0 Å². The SMILES string of the molecule is CC(C)(C)c1cc(C(O)(P(=O)(O)CCc2cccnc2)P(=O)(O)CCc2cccnc2)cc(C(C)(C)C)c1O. The summed E-state index contributed by atoms with van der Waals surface area (Å²) in [5, 5.41) is 20.5. The van der Waals surface area contributed by atoms with Crippen molar-refractivity contribution in [1.29, 1.82) is 0 Å². The van der Waals surface area contributed by atoms with Gasteiger partial charge in [-0.1, -0.05) is 53.7 Å². The first-order valence-electron chi connectivity index (χ1n) is 12.9. The van der Waals surface area contributed by atoms with Crippen molar-refractivity contribution in [2.45, 2.75) is 70.3 Å². The Morgan fingerprint density at radius 1 is 0.744 bits per heavy atom. The van der Waals surface area contributed by atoms with Gasteiger partial charge in [-0.15, -0.1) is 0 Å². The van der Waals surface area contributed by atoms with Crippen molar-refractivity contribution in [3.63, 3.8) is 0 Å². The van der Waals surface area contributed by atoms with E-state index < -0.39 is 43.0 Å². The lowest BCUT2D eigenvalue weighted by Gasteiger charge is -2.38. The van der Waals surface area contributed by atoms with Crippen molar-refractivity contribution < 1.29 is 29.1 Å². The molecule has 0 fully saturated rings. The Balaban J connectivity index is 2.24. The summed E-state index contributed by atoms with van der Waals surface area (Å²) < 4.78 is 28.3. The first-order chi connectivity index (χ1) is 17.9. The molecule has 0 aliphatic heterocycles. The molecule has 0 saturated heterocycles. The van der Waals surface area contributed by atoms with E-state index >= 15 is 0 Å². The molecule has 0 spiro atoms. The zero-order chi connectivity index (χ0) is 29.3. The molecule has 0 radical (unpaired) electrons. The summed E-state index contributed by atoms with van der Waals surface area (Å²) in [5.41, 5.74) is 0.716. The summed E-state index contributed by atoms with van der Waals surface area (Å²) in [7, 11) is -9.57. The standard InChI is InChI=1S/C29H40N2O6P2/c1-27(2,3)24-17-23(18-25(26(24)32)28(4,5)6)29(33,38(34,35)15-11-21-9-7-13-30-19-21)39(36,37)16-12-22-10-8-14-31-20-22/h7-10,13-14,17-20,32-33H,11-12,15-16H2,1-6H3,(H,34,35)(H,36,37). The van der Waals surface area contributed by atoms with Crippen LogP contribution in [0.1, 0.15) is 69.4 Å². The van der Waals surface area contributed by atoms with Crippen LogP contribution in [0.15, 0.2) is 61.2 Å². The number of aryl methyl sites for hydroxylation is 2. The van der Waals surface area contributed by atoms with Gasteiger partial charge < -0.3 is 20.0 Å². The van der Waals surface area contributed by atoms with E-state index in [1.807, 2.05) is 41.5 Å². The Hall–Kier alpha value is -2.34. The molecule has 4 N–H and O–H groups in total. The minimum atomic E-state index is -4.79. The van der Waals surface area contributed by atoms with Crippen LogP contribution in [-0.2, 0) is 37.9 Å². The van der Waals surface area contributed by atoms with Crippen LogP contribution in [0.5, 0.6) is 5.75 Å². The summed E-state index contributed by atoms with van der Waals surface area (Å²) in [6.45, 7) is 11.2. The van der Waals surface area contributed by atoms with E-state index in [0.29, 0.717) is 22.3 Å². The van der Waals surface area contributed by atoms with E-state index in [9.17, 15) is 29.1 Å². The fraction of sp³-hybridized carbons (Fsp3) is 0.448. The van der Waals surface area contributed by atoms with Crippen LogP contribution in [-0.4, -0.2) is 42.3 Å². The molecule has 10 heteroatoms. The molecule has 0 bridgehead atoms. The van der Waals surface area contributed by atoms with Crippen molar-refractivity contribution in [2.75, 3.05) is 12.3 Å². The van der Waals surface area contributed by atoms with Crippen molar-refractivity contribution >= 4 is 14.7 Å². The summed E-state index contributed by atoms with van der Waals surface area (Å²) in [5.74, 6) is -0.00707. The number of aliphatic hydroxyl groups is 1. The third kappa shape index (κ3) is 6.70. The number of hydrogen-bond acceptors (Lipinski definition) is 6. The van der Waals surface area contributed by atoms with Gasteiger partial charge in [-0.3, -0.25) is 19.1 Å². The molecule has 0 aliphatic carbocycles. The molecular weight excluding hydrogens is 534 g/mol. The second-order valence-corrected chi connectivity index (χ2v) is 17.5. The maximum Gasteiger partial charge on any atom is 0.246 e. The lowest BCUT2D eigenvalue weighted by molar-refractivity contribution is 0.170. The van der Waals surface area contributed by atoms with Crippen LogP contribution in [0.4, 0.5) is 0 Å². The molecular formula is C29H40N2O6P2. The average molecular weight is 575 g/mol.